The molecule has 2 N–H and O–H groups in total. The van der Waals surface area contributed by atoms with Crippen LogP contribution in [0.5, 0.6) is 0 Å². The molecule has 0 aromatic heterocycles. The molecule has 0 spiro atoms. The number of benzene rings is 2. The highest BCUT2D eigenvalue weighted by Crippen LogP contribution is 2.16. The van der Waals surface area contributed by atoms with E-state index < -0.39 is 6.10 Å². The molecular formula is C19H25NO2. The van der Waals surface area contributed by atoms with Crippen LogP contribution in [0.1, 0.15) is 30.1 Å². The number of nitrogens with zero attached hydrogens (tertiary/aromatic N) is 1. The maximum Gasteiger partial charge on any atom is 0.0917 e. The Morgan fingerprint density at radius 2 is 1.50 bits per heavy atom. The third kappa shape index (κ3) is 5.60. The first kappa shape index (κ1) is 16.7. The Hall–Kier alpha value is -1.68. The molecule has 0 saturated heterocycles. The minimum absolute atomic E-state index is 0.223. The van der Waals surface area contributed by atoms with E-state index in [1.165, 1.54) is 5.56 Å². The summed E-state index contributed by atoms with van der Waals surface area (Å²) in [5.41, 5.74) is 2.19. The summed E-state index contributed by atoms with van der Waals surface area (Å²) in [4.78, 5) is 2.25. The Bertz CT molecular complexity index is 515. The van der Waals surface area contributed by atoms with Crippen molar-refractivity contribution in [2.75, 3.05) is 19.7 Å². The van der Waals surface area contributed by atoms with Gasteiger partial charge in [0, 0.05) is 19.7 Å². The first-order valence-corrected chi connectivity index (χ1v) is 7.89. The molecule has 22 heavy (non-hydrogen) atoms. The second-order valence-corrected chi connectivity index (χ2v) is 5.58. The van der Waals surface area contributed by atoms with Crippen molar-refractivity contribution in [3.8, 4) is 0 Å². The van der Waals surface area contributed by atoms with Gasteiger partial charge in [-0.15, -0.1) is 0 Å². The van der Waals surface area contributed by atoms with E-state index in [1.54, 1.807) is 0 Å². The summed E-state index contributed by atoms with van der Waals surface area (Å²) in [5, 5.41) is 19.4. The van der Waals surface area contributed by atoms with Crippen LogP contribution in [0.3, 0.4) is 0 Å². The largest absolute Gasteiger partial charge is 0.396 e. The van der Waals surface area contributed by atoms with E-state index in [1.807, 2.05) is 48.5 Å². The molecule has 118 valence electrons. The van der Waals surface area contributed by atoms with Gasteiger partial charge in [-0.2, -0.15) is 0 Å². The van der Waals surface area contributed by atoms with Crippen molar-refractivity contribution in [1.82, 2.24) is 4.90 Å². The number of hydrogen-bond donors (Lipinski definition) is 2. The summed E-state index contributed by atoms with van der Waals surface area (Å²) in [6.45, 7) is 2.51. The van der Waals surface area contributed by atoms with E-state index in [0.717, 1.165) is 31.5 Å². The molecule has 2 aromatic carbocycles. The van der Waals surface area contributed by atoms with Crippen LogP contribution in [0.4, 0.5) is 0 Å². The summed E-state index contributed by atoms with van der Waals surface area (Å²) >= 11 is 0. The van der Waals surface area contributed by atoms with Crippen molar-refractivity contribution < 1.29 is 10.2 Å². The van der Waals surface area contributed by atoms with Gasteiger partial charge < -0.3 is 10.2 Å². The molecule has 2 rings (SSSR count). The number of rotatable bonds is 9. The first-order valence-electron chi connectivity index (χ1n) is 7.89. The molecule has 0 aliphatic carbocycles. The average Bonchev–Trinajstić information content (AvgIpc) is 2.56. The molecular weight excluding hydrogens is 274 g/mol. The fourth-order valence-corrected chi connectivity index (χ4v) is 2.55. The lowest BCUT2D eigenvalue weighted by atomic mass is 10.1. The minimum Gasteiger partial charge on any atom is -0.396 e. The maximum absolute atomic E-state index is 10.4. The highest BCUT2D eigenvalue weighted by molar-refractivity contribution is 5.18. The topological polar surface area (TPSA) is 43.7 Å². The highest BCUT2D eigenvalue weighted by Gasteiger charge is 2.13. The van der Waals surface area contributed by atoms with Crippen LogP contribution in [0.25, 0.3) is 0 Å². The summed E-state index contributed by atoms with van der Waals surface area (Å²) in [7, 11) is 0. The Balaban J connectivity index is 1.97. The van der Waals surface area contributed by atoms with Gasteiger partial charge in [0.15, 0.2) is 0 Å². The monoisotopic (exact) mass is 299 g/mol. The lowest BCUT2D eigenvalue weighted by Crippen LogP contribution is -2.29. The Morgan fingerprint density at radius 3 is 2.14 bits per heavy atom. The Labute approximate surface area is 132 Å². The predicted octanol–water partition coefficient (Wildman–Crippen LogP) is 2.99. The van der Waals surface area contributed by atoms with Crippen LogP contribution in [-0.4, -0.2) is 34.8 Å². The van der Waals surface area contributed by atoms with Crippen molar-refractivity contribution in [3.63, 3.8) is 0 Å². The van der Waals surface area contributed by atoms with Crippen molar-refractivity contribution in [3.05, 3.63) is 71.8 Å². The number of aliphatic hydroxyl groups is 2. The summed E-state index contributed by atoms with van der Waals surface area (Å²) < 4.78 is 0. The molecule has 0 aliphatic heterocycles. The molecule has 0 saturated carbocycles. The number of aliphatic hydroxyl groups excluding tert-OH is 2. The minimum atomic E-state index is -0.487. The van der Waals surface area contributed by atoms with Gasteiger partial charge in [0.2, 0.25) is 0 Å². The molecule has 0 aliphatic rings. The molecule has 0 amide bonds. The average molecular weight is 299 g/mol. The van der Waals surface area contributed by atoms with Gasteiger partial charge in [0.25, 0.3) is 0 Å². The van der Waals surface area contributed by atoms with E-state index in [4.69, 9.17) is 5.11 Å². The van der Waals surface area contributed by atoms with Gasteiger partial charge in [-0.1, -0.05) is 60.7 Å². The molecule has 0 bridgehead atoms. The molecule has 2 aromatic rings. The summed E-state index contributed by atoms with van der Waals surface area (Å²) in [6, 6.07) is 20.1. The van der Waals surface area contributed by atoms with E-state index in [2.05, 4.69) is 17.0 Å². The molecule has 3 heteroatoms. The van der Waals surface area contributed by atoms with Crippen molar-refractivity contribution in [2.24, 2.45) is 0 Å². The second kappa shape index (κ2) is 9.36. The van der Waals surface area contributed by atoms with Crippen molar-refractivity contribution in [1.29, 1.82) is 0 Å². The predicted molar refractivity (Wildman–Crippen MR) is 89.4 cm³/mol. The van der Waals surface area contributed by atoms with Crippen LogP contribution in [0.2, 0.25) is 0 Å². The fourth-order valence-electron chi connectivity index (χ4n) is 2.55. The van der Waals surface area contributed by atoms with Crippen molar-refractivity contribution in [2.45, 2.75) is 25.5 Å². The zero-order valence-electron chi connectivity index (χ0n) is 12.9. The normalized spacial score (nSPS) is 12.5. The van der Waals surface area contributed by atoms with Gasteiger partial charge in [0.1, 0.15) is 0 Å². The lowest BCUT2D eigenvalue weighted by molar-refractivity contribution is 0.106. The summed E-state index contributed by atoms with van der Waals surface area (Å²) in [6.07, 6.45) is 1.25. The number of hydrogen-bond acceptors (Lipinski definition) is 3. The zero-order valence-corrected chi connectivity index (χ0v) is 12.9. The van der Waals surface area contributed by atoms with Gasteiger partial charge in [-0.3, -0.25) is 4.90 Å². The molecule has 0 heterocycles. The SMILES string of the molecule is OCCCCN(Cc1ccccc1)CC(O)c1ccccc1. The summed E-state index contributed by atoms with van der Waals surface area (Å²) in [5.74, 6) is 0. The van der Waals surface area contributed by atoms with E-state index >= 15 is 0 Å². The highest BCUT2D eigenvalue weighted by atomic mass is 16.3. The first-order chi connectivity index (χ1) is 10.8. The van der Waals surface area contributed by atoms with Crippen LogP contribution in [-0.2, 0) is 6.54 Å². The lowest BCUT2D eigenvalue weighted by Gasteiger charge is -2.25. The molecule has 3 nitrogen and oxygen atoms in total. The molecule has 0 fully saturated rings. The fraction of sp³-hybridized carbons (Fsp3) is 0.368. The Kier molecular flexibility index (Phi) is 7.10. The third-order valence-corrected chi connectivity index (χ3v) is 3.75. The molecule has 1 atom stereocenters. The van der Waals surface area contributed by atoms with Crippen LogP contribution >= 0.6 is 0 Å². The number of unbranched alkanes of at least 4 members (excludes halogenated alkanes) is 1. The third-order valence-electron chi connectivity index (χ3n) is 3.75. The smallest absolute Gasteiger partial charge is 0.0917 e. The van der Waals surface area contributed by atoms with Crippen molar-refractivity contribution >= 4 is 0 Å². The maximum atomic E-state index is 10.4. The van der Waals surface area contributed by atoms with Gasteiger partial charge in [-0.25, -0.2) is 0 Å². The van der Waals surface area contributed by atoms with E-state index in [9.17, 15) is 5.11 Å². The standard InChI is InChI=1S/C19H25NO2/c21-14-8-7-13-20(15-17-9-3-1-4-10-17)16-19(22)18-11-5-2-6-12-18/h1-6,9-12,19,21-22H,7-8,13-16H2. The van der Waals surface area contributed by atoms with Gasteiger partial charge >= 0.3 is 0 Å². The Morgan fingerprint density at radius 1 is 0.864 bits per heavy atom. The molecule has 1 unspecified atom stereocenters. The van der Waals surface area contributed by atoms with Crippen LogP contribution in [0, 0.1) is 0 Å². The van der Waals surface area contributed by atoms with Crippen LogP contribution in [0.15, 0.2) is 60.7 Å². The van der Waals surface area contributed by atoms with Crippen LogP contribution < -0.4 is 0 Å². The van der Waals surface area contributed by atoms with E-state index in [0.29, 0.717) is 6.54 Å². The van der Waals surface area contributed by atoms with Gasteiger partial charge in [-0.05, 0) is 30.5 Å². The van der Waals surface area contributed by atoms with Gasteiger partial charge in [0.05, 0.1) is 6.10 Å². The van der Waals surface area contributed by atoms with E-state index in [-0.39, 0.29) is 6.61 Å². The zero-order chi connectivity index (χ0) is 15.6. The molecule has 0 radical (unpaired) electrons. The second-order valence-electron chi connectivity index (χ2n) is 5.58. The quantitative estimate of drug-likeness (QED) is 0.700.